The van der Waals surface area contributed by atoms with Crippen LogP contribution < -0.4 is 5.73 Å². The summed E-state index contributed by atoms with van der Waals surface area (Å²) in [7, 11) is 0. The van der Waals surface area contributed by atoms with Crippen molar-refractivity contribution in [1.82, 2.24) is 4.90 Å². The molecule has 0 atom stereocenters. The topological polar surface area (TPSA) is 66.6 Å². The normalized spacial score (nSPS) is 20.9. The summed E-state index contributed by atoms with van der Waals surface area (Å²) < 4.78 is 0. The van der Waals surface area contributed by atoms with E-state index in [1.165, 1.54) is 5.56 Å². The van der Waals surface area contributed by atoms with Gasteiger partial charge < -0.3 is 15.7 Å². The highest BCUT2D eigenvalue weighted by atomic mass is 16.3. The third-order valence-electron chi connectivity index (χ3n) is 3.70. The molecule has 4 nitrogen and oxygen atoms in total. The Balaban J connectivity index is 1.82. The SMILES string of the molecule is NC1(C(=O)N2CCc3ccc(O)cc3C2)CC1. The van der Waals surface area contributed by atoms with Gasteiger partial charge in [0, 0.05) is 13.1 Å². The van der Waals surface area contributed by atoms with Crippen LogP contribution in [0.15, 0.2) is 18.2 Å². The molecule has 0 saturated heterocycles. The molecule has 3 rings (SSSR count). The summed E-state index contributed by atoms with van der Waals surface area (Å²) in [6.45, 7) is 1.30. The molecule has 1 heterocycles. The van der Waals surface area contributed by atoms with Crippen LogP contribution in [0.5, 0.6) is 5.75 Å². The Hall–Kier alpha value is -1.55. The minimum absolute atomic E-state index is 0.0616. The van der Waals surface area contributed by atoms with Gasteiger partial charge in [0.1, 0.15) is 5.75 Å². The molecule has 1 aromatic rings. The third kappa shape index (κ3) is 1.78. The van der Waals surface area contributed by atoms with Crippen molar-refractivity contribution in [1.29, 1.82) is 0 Å². The van der Waals surface area contributed by atoms with Gasteiger partial charge in [-0.05, 0) is 42.5 Å². The zero-order valence-electron chi connectivity index (χ0n) is 9.65. The Morgan fingerprint density at radius 1 is 1.35 bits per heavy atom. The van der Waals surface area contributed by atoms with E-state index in [0.29, 0.717) is 6.54 Å². The first-order valence-electron chi connectivity index (χ1n) is 5.97. The molecule has 0 unspecified atom stereocenters. The van der Waals surface area contributed by atoms with Crippen molar-refractivity contribution in [2.75, 3.05) is 6.54 Å². The fraction of sp³-hybridized carbons (Fsp3) is 0.462. The second-order valence-electron chi connectivity index (χ2n) is 5.09. The molecule has 1 aliphatic heterocycles. The number of amides is 1. The lowest BCUT2D eigenvalue weighted by Gasteiger charge is -2.31. The maximum Gasteiger partial charge on any atom is 0.242 e. The lowest BCUT2D eigenvalue weighted by Crippen LogP contribution is -2.47. The number of benzene rings is 1. The second-order valence-corrected chi connectivity index (χ2v) is 5.09. The molecule has 4 heteroatoms. The van der Waals surface area contributed by atoms with Gasteiger partial charge in [0.15, 0.2) is 0 Å². The highest BCUT2D eigenvalue weighted by Crippen LogP contribution is 2.35. The quantitative estimate of drug-likeness (QED) is 0.751. The van der Waals surface area contributed by atoms with E-state index >= 15 is 0 Å². The molecule has 1 fully saturated rings. The predicted octanol–water partition coefficient (Wildman–Crippen LogP) is 0.768. The molecule has 17 heavy (non-hydrogen) atoms. The van der Waals surface area contributed by atoms with E-state index in [4.69, 9.17) is 5.73 Å². The van der Waals surface area contributed by atoms with Crippen LogP contribution in [-0.4, -0.2) is 28.0 Å². The van der Waals surface area contributed by atoms with Gasteiger partial charge in [-0.1, -0.05) is 6.07 Å². The van der Waals surface area contributed by atoms with Crippen LogP contribution in [0, 0.1) is 0 Å². The van der Waals surface area contributed by atoms with E-state index in [2.05, 4.69) is 0 Å². The first kappa shape index (κ1) is 10.6. The van der Waals surface area contributed by atoms with Gasteiger partial charge in [-0.2, -0.15) is 0 Å². The summed E-state index contributed by atoms with van der Waals surface area (Å²) in [5.74, 6) is 0.318. The average molecular weight is 232 g/mol. The van der Waals surface area contributed by atoms with Gasteiger partial charge >= 0.3 is 0 Å². The summed E-state index contributed by atoms with van der Waals surface area (Å²) in [5, 5.41) is 9.46. The smallest absolute Gasteiger partial charge is 0.242 e. The minimum Gasteiger partial charge on any atom is -0.508 e. The number of fused-ring (bicyclic) bond motifs is 1. The van der Waals surface area contributed by atoms with Gasteiger partial charge in [-0.15, -0.1) is 0 Å². The highest BCUT2D eigenvalue weighted by Gasteiger charge is 2.48. The van der Waals surface area contributed by atoms with E-state index in [-0.39, 0.29) is 11.7 Å². The van der Waals surface area contributed by atoms with Gasteiger partial charge in [-0.3, -0.25) is 4.79 Å². The van der Waals surface area contributed by atoms with Gasteiger partial charge in [0.2, 0.25) is 5.91 Å². The van der Waals surface area contributed by atoms with Crippen LogP contribution in [-0.2, 0) is 17.8 Å². The number of phenolic OH excluding ortho intramolecular Hbond substituents is 1. The third-order valence-corrected chi connectivity index (χ3v) is 3.70. The Kier molecular flexibility index (Phi) is 2.16. The first-order chi connectivity index (χ1) is 8.08. The maximum atomic E-state index is 12.1. The molecule has 90 valence electrons. The van der Waals surface area contributed by atoms with Gasteiger partial charge in [0.25, 0.3) is 0 Å². The predicted molar refractivity (Wildman–Crippen MR) is 63.4 cm³/mol. The molecule has 1 saturated carbocycles. The lowest BCUT2D eigenvalue weighted by atomic mass is 9.99. The number of carbonyl (C=O) groups is 1. The monoisotopic (exact) mass is 232 g/mol. The molecule has 0 spiro atoms. The fourth-order valence-corrected chi connectivity index (χ4v) is 2.38. The second kappa shape index (κ2) is 3.47. The van der Waals surface area contributed by atoms with E-state index in [1.807, 2.05) is 11.0 Å². The maximum absolute atomic E-state index is 12.1. The van der Waals surface area contributed by atoms with Crippen molar-refractivity contribution in [3.05, 3.63) is 29.3 Å². The Bertz CT molecular complexity index is 480. The lowest BCUT2D eigenvalue weighted by molar-refractivity contribution is -0.134. The summed E-state index contributed by atoms with van der Waals surface area (Å²) >= 11 is 0. The van der Waals surface area contributed by atoms with Gasteiger partial charge in [0.05, 0.1) is 5.54 Å². The first-order valence-corrected chi connectivity index (χ1v) is 5.97. The summed E-state index contributed by atoms with van der Waals surface area (Å²) in [6.07, 6.45) is 2.45. The molecule has 0 bridgehead atoms. The average Bonchev–Trinajstić information content (AvgIpc) is 3.06. The number of aromatic hydroxyl groups is 1. The number of phenols is 1. The molecule has 0 aromatic heterocycles. The van der Waals surface area contributed by atoms with E-state index in [9.17, 15) is 9.90 Å². The minimum atomic E-state index is -0.589. The Morgan fingerprint density at radius 3 is 2.82 bits per heavy atom. The number of rotatable bonds is 1. The molecule has 1 aliphatic carbocycles. The number of hydrogen-bond donors (Lipinski definition) is 2. The highest BCUT2D eigenvalue weighted by molar-refractivity contribution is 5.89. The molecule has 2 aliphatic rings. The van der Waals surface area contributed by atoms with Gasteiger partial charge in [-0.25, -0.2) is 0 Å². The van der Waals surface area contributed by atoms with Crippen LogP contribution in [0.1, 0.15) is 24.0 Å². The van der Waals surface area contributed by atoms with Crippen molar-refractivity contribution >= 4 is 5.91 Å². The van der Waals surface area contributed by atoms with Crippen LogP contribution in [0.25, 0.3) is 0 Å². The van der Waals surface area contributed by atoms with Crippen molar-refractivity contribution in [3.8, 4) is 5.75 Å². The van der Waals surface area contributed by atoms with Crippen molar-refractivity contribution < 1.29 is 9.90 Å². The van der Waals surface area contributed by atoms with Crippen LogP contribution in [0.4, 0.5) is 0 Å². The molecule has 1 amide bonds. The van der Waals surface area contributed by atoms with E-state index in [1.54, 1.807) is 12.1 Å². The largest absolute Gasteiger partial charge is 0.508 e. The van der Waals surface area contributed by atoms with E-state index in [0.717, 1.165) is 31.4 Å². The zero-order valence-corrected chi connectivity index (χ0v) is 9.65. The fourth-order valence-electron chi connectivity index (χ4n) is 2.38. The summed E-state index contributed by atoms with van der Waals surface area (Å²) in [4.78, 5) is 13.9. The molecule has 1 aromatic carbocycles. The van der Waals surface area contributed by atoms with Crippen LogP contribution in [0.3, 0.4) is 0 Å². The Morgan fingerprint density at radius 2 is 2.12 bits per heavy atom. The van der Waals surface area contributed by atoms with E-state index < -0.39 is 5.54 Å². The van der Waals surface area contributed by atoms with Crippen molar-refractivity contribution in [2.24, 2.45) is 5.73 Å². The molecule has 0 radical (unpaired) electrons. The number of hydrogen-bond acceptors (Lipinski definition) is 3. The number of carbonyl (C=O) groups excluding carboxylic acids is 1. The summed E-state index contributed by atoms with van der Waals surface area (Å²) in [6, 6.07) is 5.37. The van der Waals surface area contributed by atoms with Crippen molar-refractivity contribution in [2.45, 2.75) is 31.3 Å². The Labute approximate surface area is 100 Å². The summed E-state index contributed by atoms with van der Waals surface area (Å²) in [5.41, 5.74) is 7.59. The number of nitrogens with two attached hydrogens (primary N) is 1. The molecule has 3 N–H and O–H groups in total. The zero-order chi connectivity index (χ0) is 12.0. The standard InChI is InChI=1S/C13H16N2O2/c14-13(4-5-13)12(17)15-6-3-9-1-2-11(16)7-10(9)8-15/h1-2,7,16H,3-6,8,14H2. The van der Waals surface area contributed by atoms with Crippen LogP contribution in [0.2, 0.25) is 0 Å². The molecular weight excluding hydrogens is 216 g/mol. The molecular formula is C13H16N2O2. The number of nitrogens with zero attached hydrogens (tertiary/aromatic N) is 1. The van der Waals surface area contributed by atoms with Crippen LogP contribution >= 0.6 is 0 Å². The van der Waals surface area contributed by atoms with Crippen molar-refractivity contribution in [3.63, 3.8) is 0 Å².